The van der Waals surface area contributed by atoms with Crippen molar-refractivity contribution in [2.75, 3.05) is 18.1 Å². The zero-order chi connectivity index (χ0) is 14.8. The summed E-state index contributed by atoms with van der Waals surface area (Å²) in [7, 11) is 0. The first-order valence-corrected chi connectivity index (χ1v) is 7.50. The molecule has 0 N–H and O–H groups in total. The number of amides is 1. The summed E-state index contributed by atoms with van der Waals surface area (Å²) in [4.78, 5) is 13.0. The van der Waals surface area contributed by atoms with E-state index in [1.807, 2.05) is 53.5 Å². The van der Waals surface area contributed by atoms with Crippen molar-refractivity contribution in [3.05, 3.63) is 65.7 Å². The number of hydrogen-bond acceptors (Lipinski definition) is 2. The highest BCUT2D eigenvalue weighted by Crippen LogP contribution is 2.41. The molecule has 2 aromatic carbocycles. The van der Waals surface area contributed by atoms with Gasteiger partial charge in [0.25, 0.3) is 5.91 Å². The van der Waals surface area contributed by atoms with Crippen molar-refractivity contribution in [1.29, 1.82) is 0 Å². The maximum Gasteiger partial charge on any atom is 0.253 e. The largest absolute Gasteiger partial charge is 0.272 e. The standard InChI is InChI=1S/C18H20N2O/c1-3-19(4-2)20-16-13-9-8-12-15(16)17(18(20)21)14-10-6-5-7-11-14/h5-13,17H,3-4H2,1-2H3. The topological polar surface area (TPSA) is 23.6 Å². The number of carbonyl (C=O) groups is 1. The predicted octanol–water partition coefficient (Wildman–Crippen LogP) is 3.42. The molecule has 0 radical (unpaired) electrons. The summed E-state index contributed by atoms with van der Waals surface area (Å²) in [6.07, 6.45) is 0. The van der Waals surface area contributed by atoms with E-state index in [0.717, 1.165) is 29.9 Å². The van der Waals surface area contributed by atoms with Crippen molar-refractivity contribution in [3.63, 3.8) is 0 Å². The Morgan fingerprint density at radius 1 is 0.952 bits per heavy atom. The number of benzene rings is 2. The molecule has 1 unspecified atom stereocenters. The molecule has 1 atom stereocenters. The molecule has 1 heterocycles. The number of rotatable bonds is 4. The van der Waals surface area contributed by atoms with Gasteiger partial charge in [-0.25, -0.2) is 10.0 Å². The molecule has 1 aliphatic heterocycles. The Morgan fingerprint density at radius 2 is 1.57 bits per heavy atom. The van der Waals surface area contributed by atoms with Gasteiger partial charge >= 0.3 is 0 Å². The number of carbonyl (C=O) groups excluding carboxylic acids is 1. The summed E-state index contributed by atoms with van der Waals surface area (Å²) in [6.45, 7) is 5.79. The number of anilines is 1. The normalized spacial score (nSPS) is 17.4. The van der Waals surface area contributed by atoms with Gasteiger partial charge in [0, 0.05) is 13.1 Å². The van der Waals surface area contributed by atoms with E-state index in [9.17, 15) is 4.79 Å². The molecule has 0 aliphatic carbocycles. The van der Waals surface area contributed by atoms with Gasteiger partial charge in [-0.15, -0.1) is 0 Å². The van der Waals surface area contributed by atoms with E-state index in [-0.39, 0.29) is 11.8 Å². The highest BCUT2D eigenvalue weighted by molar-refractivity contribution is 6.06. The second-order valence-electron chi connectivity index (χ2n) is 5.19. The van der Waals surface area contributed by atoms with Gasteiger partial charge in [0.05, 0.1) is 11.6 Å². The molecule has 108 valence electrons. The smallest absolute Gasteiger partial charge is 0.253 e. The molecular formula is C18H20N2O. The molecule has 21 heavy (non-hydrogen) atoms. The van der Waals surface area contributed by atoms with Crippen LogP contribution in [0.15, 0.2) is 54.6 Å². The zero-order valence-electron chi connectivity index (χ0n) is 12.5. The Labute approximate surface area is 125 Å². The summed E-state index contributed by atoms with van der Waals surface area (Å²) in [6, 6.07) is 18.1. The van der Waals surface area contributed by atoms with Gasteiger partial charge in [-0.05, 0) is 17.2 Å². The van der Waals surface area contributed by atoms with E-state index in [0.29, 0.717) is 0 Å². The number of fused-ring (bicyclic) bond motifs is 1. The first-order chi connectivity index (χ1) is 10.3. The van der Waals surface area contributed by atoms with E-state index < -0.39 is 0 Å². The predicted molar refractivity (Wildman–Crippen MR) is 85.1 cm³/mol. The molecule has 0 fully saturated rings. The van der Waals surface area contributed by atoms with Crippen LogP contribution in [0.2, 0.25) is 0 Å². The first-order valence-electron chi connectivity index (χ1n) is 7.50. The van der Waals surface area contributed by atoms with E-state index in [1.54, 1.807) is 0 Å². The fraction of sp³-hybridized carbons (Fsp3) is 0.278. The fourth-order valence-electron chi connectivity index (χ4n) is 3.06. The molecule has 3 heteroatoms. The van der Waals surface area contributed by atoms with Gasteiger partial charge in [0.1, 0.15) is 0 Å². The van der Waals surface area contributed by atoms with Crippen molar-refractivity contribution in [2.24, 2.45) is 0 Å². The molecule has 0 bridgehead atoms. The van der Waals surface area contributed by atoms with Crippen LogP contribution in [-0.2, 0) is 4.79 Å². The van der Waals surface area contributed by atoms with E-state index in [1.165, 1.54) is 0 Å². The van der Waals surface area contributed by atoms with Crippen LogP contribution in [-0.4, -0.2) is 24.0 Å². The second kappa shape index (κ2) is 5.70. The molecular weight excluding hydrogens is 260 g/mol. The molecule has 0 aromatic heterocycles. The number of hydrazine groups is 1. The Morgan fingerprint density at radius 3 is 2.24 bits per heavy atom. The lowest BCUT2D eigenvalue weighted by Gasteiger charge is -2.30. The van der Waals surface area contributed by atoms with Gasteiger partial charge in [-0.3, -0.25) is 4.79 Å². The van der Waals surface area contributed by atoms with Crippen molar-refractivity contribution in [3.8, 4) is 0 Å². The average molecular weight is 280 g/mol. The zero-order valence-corrected chi connectivity index (χ0v) is 12.5. The highest BCUT2D eigenvalue weighted by atomic mass is 16.2. The van der Waals surface area contributed by atoms with Crippen molar-refractivity contribution < 1.29 is 4.79 Å². The summed E-state index contributed by atoms with van der Waals surface area (Å²) in [5, 5.41) is 3.94. The molecule has 0 saturated carbocycles. The van der Waals surface area contributed by atoms with Crippen LogP contribution in [0, 0.1) is 0 Å². The third-order valence-corrected chi connectivity index (χ3v) is 4.08. The maximum atomic E-state index is 13.0. The lowest BCUT2D eigenvalue weighted by atomic mass is 9.93. The van der Waals surface area contributed by atoms with E-state index in [2.05, 4.69) is 24.9 Å². The van der Waals surface area contributed by atoms with Crippen LogP contribution in [0.1, 0.15) is 30.9 Å². The average Bonchev–Trinajstić information content (AvgIpc) is 2.82. The molecule has 3 rings (SSSR count). The minimum absolute atomic E-state index is 0.145. The third-order valence-electron chi connectivity index (χ3n) is 4.08. The number of hydrogen-bond donors (Lipinski definition) is 0. The van der Waals surface area contributed by atoms with Crippen molar-refractivity contribution >= 4 is 11.6 Å². The number of para-hydroxylation sites is 1. The second-order valence-corrected chi connectivity index (χ2v) is 5.19. The van der Waals surface area contributed by atoms with Gasteiger partial charge in [-0.2, -0.15) is 0 Å². The first kappa shape index (κ1) is 13.8. The van der Waals surface area contributed by atoms with Gasteiger partial charge in [0.2, 0.25) is 0 Å². The molecule has 0 spiro atoms. The summed E-state index contributed by atoms with van der Waals surface area (Å²) in [5.74, 6) is -0.0471. The molecule has 3 nitrogen and oxygen atoms in total. The Kier molecular flexibility index (Phi) is 3.76. The quantitative estimate of drug-likeness (QED) is 0.856. The maximum absolute atomic E-state index is 13.0. The summed E-state index contributed by atoms with van der Waals surface area (Å²) < 4.78 is 0. The van der Waals surface area contributed by atoms with Crippen molar-refractivity contribution in [2.45, 2.75) is 19.8 Å². The van der Waals surface area contributed by atoms with Crippen LogP contribution in [0.4, 0.5) is 5.69 Å². The van der Waals surface area contributed by atoms with Crippen molar-refractivity contribution in [1.82, 2.24) is 5.01 Å². The van der Waals surface area contributed by atoms with Crippen LogP contribution >= 0.6 is 0 Å². The van der Waals surface area contributed by atoms with Gasteiger partial charge < -0.3 is 0 Å². The minimum Gasteiger partial charge on any atom is -0.272 e. The van der Waals surface area contributed by atoms with Crippen LogP contribution in [0.25, 0.3) is 0 Å². The lowest BCUT2D eigenvalue weighted by molar-refractivity contribution is -0.121. The molecule has 1 amide bonds. The van der Waals surface area contributed by atoms with Crippen LogP contribution in [0.3, 0.4) is 0 Å². The Balaban J connectivity index is 2.11. The monoisotopic (exact) mass is 280 g/mol. The SMILES string of the molecule is CCN(CC)N1C(=O)C(c2ccccc2)c2ccccc21. The Hall–Kier alpha value is -2.13. The minimum atomic E-state index is -0.192. The number of nitrogens with zero attached hydrogens (tertiary/aromatic N) is 2. The highest BCUT2D eigenvalue weighted by Gasteiger charge is 2.40. The molecule has 0 saturated heterocycles. The van der Waals surface area contributed by atoms with E-state index >= 15 is 0 Å². The Bertz CT molecular complexity index is 635. The summed E-state index contributed by atoms with van der Waals surface area (Å²) >= 11 is 0. The molecule has 1 aliphatic rings. The van der Waals surface area contributed by atoms with Crippen LogP contribution in [0.5, 0.6) is 0 Å². The summed E-state index contributed by atoms with van der Waals surface area (Å²) in [5.41, 5.74) is 3.17. The fourth-order valence-corrected chi connectivity index (χ4v) is 3.06. The van der Waals surface area contributed by atoms with Crippen LogP contribution < -0.4 is 5.01 Å². The lowest BCUT2D eigenvalue weighted by Crippen LogP contribution is -2.45. The van der Waals surface area contributed by atoms with Gasteiger partial charge in [0.15, 0.2) is 0 Å². The third kappa shape index (κ3) is 2.24. The van der Waals surface area contributed by atoms with Gasteiger partial charge in [-0.1, -0.05) is 62.4 Å². The van der Waals surface area contributed by atoms with E-state index in [4.69, 9.17) is 0 Å². The molecule has 2 aromatic rings.